The second kappa shape index (κ2) is 5.60. The molecule has 6 heteroatoms. The first-order valence-corrected chi connectivity index (χ1v) is 8.30. The molecule has 5 nitrogen and oxygen atoms in total. The molecule has 21 heavy (non-hydrogen) atoms. The van der Waals surface area contributed by atoms with Crippen molar-refractivity contribution >= 4 is 16.5 Å². The number of nitrogens with two attached hydrogens (primary N) is 1. The smallest absolute Gasteiger partial charge is 0.261 e. The summed E-state index contributed by atoms with van der Waals surface area (Å²) in [7, 11) is 0. The van der Waals surface area contributed by atoms with Gasteiger partial charge in [0.1, 0.15) is 0 Å². The van der Waals surface area contributed by atoms with Crippen LogP contribution in [0.5, 0.6) is 0 Å². The van der Waals surface area contributed by atoms with Gasteiger partial charge in [-0.05, 0) is 50.7 Å². The molecule has 0 fully saturated rings. The lowest BCUT2D eigenvalue weighted by molar-refractivity contribution is 0.476. The predicted octanol–water partition coefficient (Wildman–Crippen LogP) is 2.80. The van der Waals surface area contributed by atoms with Gasteiger partial charge in [0.05, 0.1) is 5.56 Å². The Bertz CT molecular complexity index is 719. The van der Waals surface area contributed by atoms with Gasteiger partial charge in [-0.15, -0.1) is 10.2 Å². The van der Waals surface area contributed by atoms with Crippen LogP contribution in [0.25, 0.3) is 10.6 Å². The van der Waals surface area contributed by atoms with E-state index in [4.69, 9.17) is 5.73 Å². The summed E-state index contributed by atoms with van der Waals surface area (Å²) in [5.74, 6) is 0. The summed E-state index contributed by atoms with van der Waals surface area (Å²) in [5.41, 5.74) is 8.84. The highest BCUT2D eigenvalue weighted by Gasteiger charge is 2.22. The van der Waals surface area contributed by atoms with E-state index < -0.39 is 0 Å². The van der Waals surface area contributed by atoms with Crippen molar-refractivity contribution in [2.24, 2.45) is 0 Å². The van der Waals surface area contributed by atoms with Gasteiger partial charge in [0.2, 0.25) is 5.13 Å². The highest BCUT2D eigenvalue weighted by atomic mass is 32.1. The van der Waals surface area contributed by atoms with Crippen molar-refractivity contribution in [2.75, 3.05) is 5.73 Å². The third-order valence-corrected chi connectivity index (χ3v) is 5.03. The Morgan fingerprint density at radius 1 is 1.38 bits per heavy atom. The maximum absolute atomic E-state index is 12.9. The molecular formula is C15H20N4OS. The molecule has 2 aromatic rings. The van der Waals surface area contributed by atoms with Crippen molar-refractivity contribution in [3.8, 4) is 10.6 Å². The lowest BCUT2D eigenvalue weighted by Crippen LogP contribution is -2.30. The van der Waals surface area contributed by atoms with E-state index in [1.54, 1.807) is 0 Å². The Morgan fingerprint density at radius 2 is 2.14 bits per heavy atom. The Hall–Kier alpha value is -1.69. The molecule has 1 aliphatic carbocycles. The second-order valence-corrected chi connectivity index (χ2v) is 6.62. The Morgan fingerprint density at radius 3 is 2.81 bits per heavy atom. The highest BCUT2D eigenvalue weighted by molar-refractivity contribution is 7.18. The number of nitrogen functional groups attached to an aromatic ring is 1. The molecule has 0 aromatic carbocycles. The van der Waals surface area contributed by atoms with Gasteiger partial charge in [0.25, 0.3) is 5.56 Å². The van der Waals surface area contributed by atoms with Crippen molar-refractivity contribution < 1.29 is 0 Å². The molecular weight excluding hydrogens is 284 g/mol. The van der Waals surface area contributed by atoms with Gasteiger partial charge in [0.15, 0.2) is 5.01 Å². The SMILES string of the molecule is CCC(C)n1c2c(cc(-c3nnc(N)s3)c1=O)CCCC2. The van der Waals surface area contributed by atoms with Crippen LogP contribution in [0.1, 0.15) is 50.4 Å². The van der Waals surface area contributed by atoms with Crippen LogP contribution in [0.2, 0.25) is 0 Å². The molecule has 2 aromatic heterocycles. The fourth-order valence-electron chi connectivity index (χ4n) is 2.98. The summed E-state index contributed by atoms with van der Waals surface area (Å²) in [6.45, 7) is 4.22. The summed E-state index contributed by atoms with van der Waals surface area (Å²) < 4.78 is 1.97. The molecule has 112 valence electrons. The van der Waals surface area contributed by atoms with Gasteiger partial charge >= 0.3 is 0 Å². The molecule has 0 amide bonds. The lowest BCUT2D eigenvalue weighted by Gasteiger charge is -2.25. The van der Waals surface area contributed by atoms with E-state index in [2.05, 4.69) is 24.0 Å². The number of nitrogens with zero attached hydrogens (tertiary/aromatic N) is 3. The van der Waals surface area contributed by atoms with E-state index in [0.29, 0.717) is 15.7 Å². The number of aromatic nitrogens is 3. The molecule has 0 aliphatic heterocycles. The first-order valence-electron chi connectivity index (χ1n) is 7.48. The molecule has 0 bridgehead atoms. The predicted molar refractivity (Wildman–Crippen MR) is 85.7 cm³/mol. The number of rotatable bonds is 3. The minimum Gasteiger partial charge on any atom is -0.374 e. The van der Waals surface area contributed by atoms with E-state index in [1.165, 1.54) is 29.0 Å². The fourth-order valence-corrected chi connectivity index (χ4v) is 3.59. The maximum Gasteiger partial charge on any atom is 0.261 e. The van der Waals surface area contributed by atoms with Crippen molar-refractivity contribution in [3.05, 3.63) is 27.7 Å². The topological polar surface area (TPSA) is 73.8 Å². The average Bonchev–Trinajstić information content (AvgIpc) is 2.92. The van der Waals surface area contributed by atoms with Gasteiger partial charge in [-0.2, -0.15) is 0 Å². The molecule has 1 aliphatic rings. The molecule has 0 spiro atoms. The standard InChI is InChI=1S/C15H20N4OS/c1-3-9(2)19-12-7-5-4-6-10(12)8-11(14(19)20)13-17-18-15(16)21-13/h8-9H,3-7H2,1-2H3,(H2,16,18). The minimum absolute atomic E-state index is 0.0427. The normalized spacial score (nSPS) is 15.7. The fraction of sp³-hybridized carbons (Fsp3) is 0.533. The second-order valence-electron chi connectivity index (χ2n) is 5.61. The van der Waals surface area contributed by atoms with Crippen molar-refractivity contribution in [1.82, 2.24) is 14.8 Å². The zero-order chi connectivity index (χ0) is 15.0. The van der Waals surface area contributed by atoms with E-state index in [1.807, 2.05) is 10.6 Å². The van der Waals surface area contributed by atoms with Crippen LogP contribution in [0, 0.1) is 0 Å². The summed E-state index contributed by atoms with van der Waals surface area (Å²) >= 11 is 1.28. The summed E-state index contributed by atoms with van der Waals surface area (Å²) in [6.07, 6.45) is 5.31. The van der Waals surface area contributed by atoms with Gasteiger partial charge in [-0.25, -0.2) is 0 Å². The first kappa shape index (κ1) is 14.3. The van der Waals surface area contributed by atoms with Gasteiger partial charge in [0, 0.05) is 11.7 Å². The van der Waals surface area contributed by atoms with Gasteiger partial charge in [-0.1, -0.05) is 18.3 Å². The van der Waals surface area contributed by atoms with E-state index in [9.17, 15) is 4.79 Å². The van der Waals surface area contributed by atoms with E-state index >= 15 is 0 Å². The molecule has 2 heterocycles. The number of anilines is 1. The molecule has 2 N–H and O–H groups in total. The van der Waals surface area contributed by atoms with Crippen LogP contribution >= 0.6 is 11.3 Å². The molecule has 3 rings (SSSR count). The summed E-state index contributed by atoms with van der Waals surface area (Å²) in [6, 6.07) is 2.21. The minimum atomic E-state index is 0.0427. The number of hydrogen-bond acceptors (Lipinski definition) is 5. The summed E-state index contributed by atoms with van der Waals surface area (Å²) in [5, 5.41) is 8.92. The van der Waals surface area contributed by atoms with E-state index in [-0.39, 0.29) is 11.6 Å². The molecule has 0 saturated carbocycles. The zero-order valence-electron chi connectivity index (χ0n) is 12.4. The number of pyridine rings is 1. The highest BCUT2D eigenvalue weighted by Crippen LogP contribution is 2.29. The monoisotopic (exact) mass is 304 g/mol. The van der Waals surface area contributed by atoms with Gasteiger partial charge < -0.3 is 10.3 Å². The Balaban J connectivity index is 2.24. The van der Waals surface area contributed by atoms with Crippen molar-refractivity contribution in [2.45, 2.75) is 52.0 Å². The largest absolute Gasteiger partial charge is 0.374 e. The van der Waals surface area contributed by atoms with Crippen molar-refractivity contribution in [3.63, 3.8) is 0 Å². The number of hydrogen-bond donors (Lipinski definition) is 1. The molecule has 0 radical (unpaired) electrons. The molecule has 0 saturated heterocycles. The van der Waals surface area contributed by atoms with Crippen molar-refractivity contribution in [1.29, 1.82) is 0 Å². The van der Waals surface area contributed by atoms with Crippen LogP contribution < -0.4 is 11.3 Å². The Labute approximate surface area is 127 Å². The van der Waals surface area contributed by atoms with E-state index in [0.717, 1.165) is 25.7 Å². The summed E-state index contributed by atoms with van der Waals surface area (Å²) in [4.78, 5) is 12.9. The zero-order valence-corrected chi connectivity index (χ0v) is 13.2. The maximum atomic E-state index is 12.9. The Kier molecular flexibility index (Phi) is 3.80. The third kappa shape index (κ3) is 2.48. The molecule has 1 atom stereocenters. The quantitative estimate of drug-likeness (QED) is 0.946. The number of aryl methyl sites for hydroxylation is 1. The van der Waals surface area contributed by atoms with Crippen LogP contribution in [0.4, 0.5) is 5.13 Å². The van der Waals surface area contributed by atoms with Crippen LogP contribution in [-0.2, 0) is 12.8 Å². The van der Waals surface area contributed by atoms with Crippen LogP contribution in [0.3, 0.4) is 0 Å². The van der Waals surface area contributed by atoms with Gasteiger partial charge in [-0.3, -0.25) is 4.79 Å². The first-order chi connectivity index (χ1) is 10.1. The lowest BCUT2D eigenvalue weighted by atomic mass is 9.93. The average molecular weight is 304 g/mol. The third-order valence-electron chi connectivity index (χ3n) is 4.24. The van der Waals surface area contributed by atoms with Crippen LogP contribution in [0.15, 0.2) is 10.9 Å². The van der Waals surface area contributed by atoms with Crippen LogP contribution in [-0.4, -0.2) is 14.8 Å². The molecule has 1 unspecified atom stereocenters. The number of fused-ring (bicyclic) bond motifs is 1.